The van der Waals surface area contributed by atoms with Gasteiger partial charge in [0.25, 0.3) is 11.6 Å². The molecule has 2 rings (SSSR count). The Morgan fingerprint density at radius 1 is 1.28 bits per heavy atom. The van der Waals surface area contributed by atoms with Crippen LogP contribution in [0.3, 0.4) is 0 Å². The van der Waals surface area contributed by atoms with Gasteiger partial charge < -0.3 is 15.0 Å². The fourth-order valence-electron chi connectivity index (χ4n) is 2.35. The van der Waals surface area contributed by atoms with Crippen molar-refractivity contribution in [2.24, 2.45) is 0 Å². The van der Waals surface area contributed by atoms with Crippen LogP contribution in [0.15, 0.2) is 42.5 Å². The SMILES string of the molecule is CNc1ccc([N+](=O)[O-])cc1C(=O)N(C)CCOc1cccc(C)c1. The molecule has 0 radical (unpaired) electrons. The molecule has 7 nitrogen and oxygen atoms in total. The number of rotatable bonds is 7. The molecule has 2 aromatic rings. The third kappa shape index (κ3) is 4.69. The number of likely N-dealkylation sites (N-methyl/N-ethyl adjacent to an activating group) is 1. The Labute approximate surface area is 146 Å². The predicted octanol–water partition coefficient (Wildman–Crippen LogP) is 3.10. The number of nitrogens with zero attached hydrogens (tertiary/aromatic N) is 2. The second kappa shape index (κ2) is 8.14. The van der Waals surface area contributed by atoms with Crippen molar-refractivity contribution in [2.75, 3.05) is 32.6 Å². The fourth-order valence-corrected chi connectivity index (χ4v) is 2.35. The summed E-state index contributed by atoms with van der Waals surface area (Å²) in [5.41, 5.74) is 1.78. The molecule has 1 amide bonds. The summed E-state index contributed by atoms with van der Waals surface area (Å²) in [6.07, 6.45) is 0. The van der Waals surface area contributed by atoms with Gasteiger partial charge in [-0.2, -0.15) is 0 Å². The van der Waals surface area contributed by atoms with Crippen LogP contribution in [0.2, 0.25) is 0 Å². The highest BCUT2D eigenvalue weighted by Crippen LogP contribution is 2.23. The third-order valence-corrected chi connectivity index (χ3v) is 3.75. The zero-order valence-corrected chi connectivity index (χ0v) is 14.5. The molecule has 0 atom stereocenters. The standard InChI is InChI=1S/C18H21N3O4/c1-13-5-4-6-15(11-13)25-10-9-20(3)18(22)16-12-14(21(23)24)7-8-17(16)19-2/h4-8,11-12,19H,9-10H2,1-3H3. The molecule has 0 fully saturated rings. The van der Waals surface area contributed by atoms with Crippen molar-refractivity contribution >= 4 is 17.3 Å². The molecule has 0 aliphatic carbocycles. The van der Waals surface area contributed by atoms with Gasteiger partial charge in [-0.05, 0) is 30.7 Å². The first-order chi connectivity index (χ1) is 11.9. The normalized spacial score (nSPS) is 10.2. The van der Waals surface area contributed by atoms with Gasteiger partial charge in [0.05, 0.1) is 17.0 Å². The van der Waals surface area contributed by atoms with Crippen LogP contribution < -0.4 is 10.1 Å². The highest BCUT2D eigenvalue weighted by Gasteiger charge is 2.19. The van der Waals surface area contributed by atoms with Crippen LogP contribution in [0.1, 0.15) is 15.9 Å². The molecule has 0 heterocycles. The lowest BCUT2D eigenvalue weighted by Gasteiger charge is -2.19. The monoisotopic (exact) mass is 343 g/mol. The van der Waals surface area contributed by atoms with Gasteiger partial charge in [0.15, 0.2) is 0 Å². The number of nitrogens with one attached hydrogen (secondary N) is 1. The van der Waals surface area contributed by atoms with E-state index < -0.39 is 4.92 Å². The van der Waals surface area contributed by atoms with Crippen molar-refractivity contribution in [2.45, 2.75) is 6.92 Å². The van der Waals surface area contributed by atoms with Crippen molar-refractivity contribution < 1.29 is 14.5 Å². The summed E-state index contributed by atoms with van der Waals surface area (Å²) in [6.45, 7) is 2.66. The van der Waals surface area contributed by atoms with E-state index in [2.05, 4.69) is 5.32 Å². The van der Waals surface area contributed by atoms with E-state index in [1.807, 2.05) is 31.2 Å². The van der Waals surface area contributed by atoms with Crippen LogP contribution >= 0.6 is 0 Å². The Hall–Kier alpha value is -3.09. The molecule has 0 unspecified atom stereocenters. The summed E-state index contributed by atoms with van der Waals surface area (Å²) in [5, 5.41) is 13.8. The highest BCUT2D eigenvalue weighted by atomic mass is 16.6. The molecule has 0 aliphatic rings. The van der Waals surface area contributed by atoms with Crippen molar-refractivity contribution in [3.05, 3.63) is 63.7 Å². The van der Waals surface area contributed by atoms with Crippen LogP contribution in [-0.2, 0) is 0 Å². The molecule has 7 heteroatoms. The smallest absolute Gasteiger partial charge is 0.270 e. The van der Waals surface area contributed by atoms with E-state index in [0.717, 1.165) is 11.3 Å². The summed E-state index contributed by atoms with van der Waals surface area (Å²) in [7, 11) is 3.30. The largest absolute Gasteiger partial charge is 0.492 e. The number of amides is 1. The van der Waals surface area contributed by atoms with Crippen LogP contribution in [0.25, 0.3) is 0 Å². The molecular formula is C18H21N3O4. The summed E-state index contributed by atoms with van der Waals surface area (Å²) >= 11 is 0. The van der Waals surface area contributed by atoms with E-state index in [9.17, 15) is 14.9 Å². The lowest BCUT2D eigenvalue weighted by atomic mass is 10.1. The first kappa shape index (κ1) is 18.3. The second-order valence-corrected chi connectivity index (χ2v) is 5.63. The lowest BCUT2D eigenvalue weighted by Crippen LogP contribution is -2.31. The topological polar surface area (TPSA) is 84.7 Å². The van der Waals surface area contributed by atoms with E-state index in [-0.39, 0.29) is 17.2 Å². The molecule has 0 aliphatic heterocycles. The van der Waals surface area contributed by atoms with Crippen molar-refractivity contribution in [3.63, 3.8) is 0 Å². The highest BCUT2D eigenvalue weighted by molar-refractivity contribution is 6.00. The second-order valence-electron chi connectivity index (χ2n) is 5.63. The van der Waals surface area contributed by atoms with Crippen molar-refractivity contribution in [3.8, 4) is 5.75 Å². The molecule has 25 heavy (non-hydrogen) atoms. The van der Waals surface area contributed by atoms with Crippen LogP contribution in [0.4, 0.5) is 11.4 Å². The number of hydrogen-bond acceptors (Lipinski definition) is 5. The number of ether oxygens (including phenoxy) is 1. The Kier molecular flexibility index (Phi) is 5.94. The average Bonchev–Trinajstić information content (AvgIpc) is 2.60. The van der Waals surface area contributed by atoms with Crippen LogP contribution in [-0.4, -0.2) is 43.0 Å². The van der Waals surface area contributed by atoms with E-state index in [1.54, 1.807) is 14.1 Å². The van der Waals surface area contributed by atoms with Gasteiger partial charge in [-0.25, -0.2) is 0 Å². The summed E-state index contributed by atoms with van der Waals surface area (Å²) in [6, 6.07) is 11.8. The molecule has 0 spiro atoms. The third-order valence-electron chi connectivity index (χ3n) is 3.75. The maximum atomic E-state index is 12.6. The number of hydrogen-bond donors (Lipinski definition) is 1. The molecule has 132 valence electrons. The maximum Gasteiger partial charge on any atom is 0.270 e. The van der Waals surface area contributed by atoms with Crippen molar-refractivity contribution in [1.82, 2.24) is 4.90 Å². The number of carbonyl (C=O) groups excluding carboxylic acids is 1. The Morgan fingerprint density at radius 2 is 2.04 bits per heavy atom. The van der Waals surface area contributed by atoms with Crippen LogP contribution in [0.5, 0.6) is 5.75 Å². The Bertz CT molecular complexity index is 777. The number of benzene rings is 2. The zero-order chi connectivity index (χ0) is 18.4. The Balaban J connectivity index is 2.04. The van der Waals surface area contributed by atoms with Gasteiger partial charge in [0.1, 0.15) is 12.4 Å². The molecule has 0 saturated carbocycles. The fraction of sp³-hybridized carbons (Fsp3) is 0.278. The van der Waals surface area contributed by atoms with Gasteiger partial charge in [-0.3, -0.25) is 14.9 Å². The molecular weight excluding hydrogens is 322 g/mol. The molecule has 1 N–H and O–H groups in total. The summed E-state index contributed by atoms with van der Waals surface area (Å²) in [5.74, 6) is 0.438. The molecule has 2 aromatic carbocycles. The van der Waals surface area contributed by atoms with E-state index >= 15 is 0 Å². The number of aryl methyl sites for hydroxylation is 1. The van der Waals surface area contributed by atoms with Crippen molar-refractivity contribution in [1.29, 1.82) is 0 Å². The summed E-state index contributed by atoms with van der Waals surface area (Å²) in [4.78, 5) is 24.5. The van der Waals surface area contributed by atoms with E-state index in [4.69, 9.17) is 4.74 Å². The number of carbonyl (C=O) groups is 1. The number of non-ortho nitro benzene ring substituents is 1. The maximum absolute atomic E-state index is 12.6. The van der Waals surface area contributed by atoms with Gasteiger partial charge in [0, 0.05) is 31.9 Å². The number of nitro groups is 1. The molecule has 0 saturated heterocycles. The van der Waals surface area contributed by atoms with E-state index in [0.29, 0.717) is 18.8 Å². The Morgan fingerprint density at radius 3 is 2.68 bits per heavy atom. The average molecular weight is 343 g/mol. The van der Waals surface area contributed by atoms with Gasteiger partial charge in [-0.15, -0.1) is 0 Å². The van der Waals surface area contributed by atoms with Crippen LogP contribution in [0, 0.1) is 17.0 Å². The lowest BCUT2D eigenvalue weighted by molar-refractivity contribution is -0.384. The quantitative estimate of drug-likeness (QED) is 0.617. The predicted molar refractivity (Wildman–Crippen MR) is 96.3 cm³/mol. The summed E-state index contributed by atoms with van der Waals surface area (Å²) < 4.78 is 5.64. The molecule has 0 bridgehead atoms. The minimum atomic E-state index is -0.517. The van der Waals surface area contributed by atoms with E-state index in [1.165, 1.54) is 23.1 Å². The van der Waals surface area contributed by atoms with Gasteiger partial charge in [0.2, 0.25) is 0 Å². The number of nitro benzene ring substituents is 1. The number of anilines is 1. The molecule has 0 aromatic heterocycles. The zero-order valence-electron chi connectivity index (χ0n) is 14.5. The first-order valence-corrected chi connectivity index (χ1v) is 7.83. The van der Waals surface area contributed by atoms with Gasteiger partial charge >= 0.3 is 0 Å². The minimum absolute atomic E-state index is 0.119. The van der Waals surface area contributed by atoms with Gasteiger partial charge in [-0.1, -0.05) is 12.1 Å². The minimum Gasteiger partial charge on any atom is -0.492 e. The first-order valence-electron chi connectivity index (χ1n) is 7.83.